The van der Waals surface area contributed by atoms with Gasteiger partial charge < -0.3 is 0 Å². The second-order valence-corrected chi connectivity index (χ2v) is 7.21. The lowest BCUT2D eigenvalue weighted by molar-refractivity contribution is 0.623. The van der Waals surface area contributed by atoms with Crippen LogP contribution in [0.15, 0.2) is 40.9 Å². The maximum atomic E-state index is 3.64. The Morgan fingerprint density at radius 2 is 1.38 bits per heavy atom. The number of aryl methyl sites for hydroxylation is 3. The Labute approximate surface area is 137 Å². The first-order valence-corrected chi connectivity index (χ1v) is 8.58. The van der Waals surface area contributed by atoms with Crippen LogP contribution in [-0.4, -0.2) is 0 Å². The molecule has 0 aliphatic rings. The molecule has 0 N–H and O–H groups in total. The molecule has 112 valence electrons. The molecule has 0 atom stereocenters. The summed E-state index contributed by atoms with van der Waals surface area (Å²) in [7, 11) is 0. The molecule has 0 aromatic heterocycles. The third-order valence-electron chi connectivity index (χ3n) is 4.45. The minimum Gasteiger partial charge on any atom is -0.0613 e. The van der Waals surface area contributed by atoms with Gasteiger partial charge >= 0.3 is 0 Å². The smallest absolute Gasteiger partial charge is 0.0178 e. The lowest BCUT2D eigenvalue weighted by Crippen LogP contribution is -2.23. The summed E-state index contributed by atoms with van der Waals surface area (Å²) in [6.45, 7) is 11.4. The van der Waals surface area contributed by atoms with Crippen LogP contribution in [0, 0.1) is 6.92 Å². The normalized spacial score (nSPS) is 11.7. The zero-order valence-electron chi connectivity index (χ0n) is 13.8. The zero-order valence-corrected chi connectivity index (χ0v) is 15.3. The predicted octanol–water partition coefficient (Wildman–Crippen LogP) is 6.21. The molecule has 0 heterocycles. The summed E-state index contributed by atoms with van der Waals surface area (Å²) >= 11 is 3.64. The second kappa shape index (κ2) is 6.36. The van der Waals surface area contributed by atoms with Crippen molar-refractivity contribution in [2.24, 2.45) is 0 Å². The number of hydrogen-bond acceptors (Lipinski definition) is 0. The van der Waals surface area contributed by atoms with E-state index in [1.807, 2.05) is 0 Å². The average Bonchev–Trinajstić information content (AvgIpc) is 2.47. The van der Waals surface area contributed by atoms with Crippen LogP contribution in [0.3, 0.4) is 0 Å². The Morgan fingerprint density at radius 3 is 1.95 bits per heavy atom. The van der Waals surface area contributed by atoms with Gasteiger partial charge in [-0.05, 0) is 54.2 Å². The molecule has 0 unspecified atom stereocenters. The Hall–Kier alpha value is -1.08. The van der Waals surface area contributed by atoms with Crippen LogP contribution in [-0.2, 0) is 18.3 Å². The molecule has 0 radical (unpaired) electrons. The summed E-state index contributed by atoms with van der Waals surface area (Å²) in [5.74, 6) is 0. The highest BCUT2D eigenvalue weighted by Crippen LogP contribution is 2.37. The Morgan fingerprint density at radius 1 is 0.857 bits per heavy atom. The molecule has 0 saturated heterocycles. The van der Waals surface area contributed by atoms with E-state index in [-0.39, 0.29) is 5.41 Å². The minimum atomic E-state index is 0.0203. The van der Waals surface area contributed by atoms with E-state index in [1.165, 1.54) is 27.8 Å². The van der Waals surface area contributed by atoms with Crippen molar-refractivity contribution in [3.63, 3.8) is 0 Å². The van der Waals surface area contributed by atoms with Gasteiger partial charge in [0.2, 0.25) is 0 Å². The standard InChI is InChI=1S/C20H25Br/c1-6-15-9-8-14(3)12-18(15)20(4,5)19-13-17(21)11-10-16(19)7-2/h8-13H,6-7H2,1-5H3. The molecule has 1 heteroatoms. The van der Waals surface area contributed by atoms with Gasteiger partial charge in [-0.25, -0.2) is 0 Å². The van der Waals surface area contributed by atoms with Gasteiger partial charge in [0.1, 0.15) is 0 Å². The summed E-state index contributed by atoms with van der Waals surface area (Å²) in [5, 5.41) is 0. The Kier molecular flexibility index (Phi) is 4.93. The third kappa shape index (κ3) is 3.23. The zero-order chi connectivity index (χ0) is 15.6. The first kappa shape index (κ1) is 16.3. The molecule has 0 saturated carbocycles. The van der Waals surface area contributed by atoms with Crippen molar-refractivity contribution in [3.05, 3.63) is 68.7 Å². The predicted molar refractivity (Wildman–Crippen MR) is 96.2 cm³/mol. The van der Waals surface area contributed by atoms with Crippen molar-refractivity contribution in [2.45, 2.75) is 52.9 Å². The molecule has 0 aliphatic heterocycles. The van der Waals surface area contributed by atoms with E-state index in [0.29, 0.717) is 0 Å². The molecule has 21 heavy (non-hydrogen) atoms. The second-order valence-electron chi connectivity index (χ2n) is 6.29. The lowest BCUT2D eigenvalue weighted by Gasteiger charge is -2.31. The quantitative estimate of drug-likeness (QED) is 0.618. The van der Waals surface area contributed by atoms with Crippen molar-refractivity contribution in [1.82, 2.24) is 0 Å². The van der Waals surface area contributed by atoms with E-state index in [0.717, 1.165) is 17.3 Å². The molecule has 0 spiro atoms. The van der Waals surface area contributed by atoms with E-state index >= 15 is 0 Å². The van der Waals surface area contributed by atoms with Gasteiger partial charge in [0.15, 0.2) is 0 Å². The van der Waals surface area contributed by atoms with Crippen molar-refractivity contribution in [3.8, 4) is 0 Å². The van der Waals surface area contributed by atoms with Crippen LogP contribution < -0.4 is 0 Å². The fourth-order valence-electron chi connectivity index (χ4n) is 3.16. The molecule has 0 fully saturated rings. The SMILES string of the molecule is CCc1ccc(C)cc1C(C)(C)c1cc(Br)ccc1CC. The molecular formula is C20H25Br. The minimum absolute atomic E-state index is 0.0203. The highest BCUT2D eigenvalue weighted by molar-refractivity contribution is 9.10. The fourth-order valence-corrected chi connectivity index (χ4v) is 3.53. The van der Waals surface area contributed by atoms with Crippen LogP contribution in [0.25, 0.3) is 0 Å². The summed E-state index contributed by atoms with van der Waals surface area (Å²) in [6.07, 6.45) is 2.15. The Balaban J connectivity index is 2.66. The van der Waals surface area contributed by atoms with E-state index < -0.39 is 0 Å². The number of halogens is 1. The van der Waals surface area contributed by atoms with Crippen LogP contribution in [0.4, 0.5) is 0 Å². The van der Waals surface area contributed by atoms with Crippen molar-refractivity contribution in [2.75, 3.05) is 0 Å². The molecule has 0 amide bonds. The maximum absolute atomic E-state index is 3.64. The van der Waals surface area contributed by atoms with Gasteiger partial charge in [-0.3, -0.25) is 0 Å². The van der Waals surface area contributed by atoms with Crippen molar-refractivity contribution in [1.29, 1.82) is 0 Å². The van der Waals surface area contributed by atoms with Crippen molar-refractivity contribution < 1.29 is 0 Å². The molecular weight excluding hydrogens is 320 g/mol. The Bertz CT molecular complexity index is 583. The highest BCUT2D eigenvalue weighted by atomic mass is 79.9. The number of hydrogen-bond donors (Lipinski definition) is 0. The third-order valence-corrected chi connectivity index (χ3v) is 4.94. The molecule has 0 aliphatic carbocycles. The first-order valence-electron chi connectivity index (χ1n) is 7.79. The molecule has 0 bridgehead atoms. The number of rotatable bonds is 4. The molecule has 2 aromatic rings. The van der Waals surface area contributed by atoms with E-state index in [2.05, 4.69) is 86.9 Å². The van der Waals surface area contributed by atoms with Gasteiger partial charge in [0.05, 0.1) is 0 Å². The van der Waals surface area contributed by atoms with Gasteiger partial charge in [0.25, 0.3) is 0 Å². The molecule has 2 aromatic carbocycles. The first-order chi connectivity index (χ1) is 9.90. The van der Waals surface area contributed by atoms with Crippen LogP contribution >= 0.6 is 15.9 Å². The summed E-state index contributed by atoms with van der Waals surface area (Å²) < 4.78 is 1.16. The monoisotopic (exact) mass is 344 g/mol. The van der Waals surface area contributed by atoms with E-state index in [9.17, 15) is 0 Å². The van der Waals surface area contributed by atoms with Gasteiger partial charge in [0, 0.05) is 9.89 Å². The van der Waals surface area contributed by atoms with Gasteiger partial charge in [-0.2, -0.15) is 0 Å². The molecule has 0 nitrogen and oxygen atoms in total. The lowest BCUT2D eigenvalue weighted by atomic mass is 9.73. The van der Waals surface area contributed by atoms with Gasteiger partial charge in [-0.15, -0.1) is 0 Å². The van der Waals surface area contributed by atoms with Crippen LogP contribution in [0.1, 0.15) is 55.5 Å². The number of benzene rings is 2. The summed E-state index contributed by atoms with van der Waals surface area (Å²) in [5.41, 5.74) is 7.13. The van der Waals surface area contributed by atoms with Gasteiger partial charge in [-0.1, -0.05) is 73.5 Å². The fraction of sp³-hybridized carbons (Fsp3) is 0.400. The van der Waals surface area contributed by atoms with E-state index in [1.54, 1.807) is 0 Å². The summed E-state index contributed by atoms with van der Waals surface area (Å²) in [6, 6.07) is 13.6. The van der Waals surface area contributed by atoms with Crippen LogP contribution in [0.2, 0.25) is 0 Å². The largest absolute Gasteiger partial charge is 0.0613 e. The van der Waals surface area contributed by atoms with Crippen LogP contribution in [0.5, 0.6) is 0 Å². The average molecular weight is 345 g/mol. The summed E-state index contributed by atoms with van der Waals surface area (Å²) in [4.78, 5) is 0. The topological polar surface area (TPSA) is 0 Å². The van der Waals surface area contributed by atoms with E-state index in [4.69, 9.17) is 0 Å². The maximum Gasteiger partial charge on any atom is 0.0178 e. The molecule has 2 rings (SSSR count). The van der Waals surface area contributed by atoms with Crippen molar-refractivity contribution >= 4 is 15.9 Å². The highest BCUT2D eigenvalue weighted by Gasteiger charge is 2.27.